The normalized spacial score (nSPS) is 13.4. The third-order valence-electron chi connectivity index (χ3n) is 1.95. The average Bonchev–Trinajstić information content (AvgIpc) is 2.14. The number of alkyl halides is 5. The van der Waals surface area contributed by atoms with Crippen molar-refractivity contribution in [2.24, 2.45) is 5.73 Å². The SMILES string of the molecule is Cl.N[C@H](c1cc(F)ccc1C(F)(F)F)C(F)F. The summed E-state index contributed by atoms with van der Waals surface area (Å²) in [5.41, 5.74) is 2.60. The predicted molar refractivity (Wildman–Crippen MR) is 51.6 cm³/mol. The van der Waals surface area contributed by atoms with Crippen LogP contribution in [0.2, 0.25) is 0 Å². The fourth-order valence-corrected chi connectivity index (χ4v) is 1.20. The van der Waals surface area contributed by atoms with Crippen LogP contribution in [0.3, 0.4) is 0 Å². The molecule has 0 amide bonds. The molecule has 0 aliphatic rings. The molecule has 0 aliphatic carbocycles. The molecule has 0 aliphatic heterocycles. The van der Waals surface area contributed by atoms with Crippen LogP contribution in [0.4, 0.5) is 26.3 Å². The number of hydrogen-bond acceptors (Lipinski definition) is 1. The first kappa shape index (κ1) is 16.1. The smallest absolute Gasteiger partial charge is 0.319 e. The number of hydrogen-bond donors (Lipinski definition) is 1. The van der Waals surface area contributed by atoms with E-state index in [-0.39, 0.29) is 12.4 Å². The zero-order chi connectivity index (χ0) is 12.5. The Bertz CT molecular complexity index is 378. The Balaban J connectivity index is 0.00000256. The molecule has 1 nitrogen and oxygen atoms in total. The van der Waals surface area contributed by atoms with Gasteiger partial charge in [-0.3, -0.25) is 0 Å². The summed E-state index contributed by atoms with van der Waals surface area (Å²) in [6, 6.07) is -0.843. The summed E-state index contributed by atoms with van der Waals surface area (Å²) in [7, 11) is 0. The fraction of sp³-hybridized carbons (Fsp3) is 0.333. The van der Waals surface area contributed by atoms with Crippen LogP contribution in [0.25, 0.3) is 0 Å². The van der Waals surface area contributed by atoms with E-state index < -0.39 is 35.6 Å². The molecule has 0 fully saturated rings. The second kappa shape index (κ2) is 5.59. The van der Waals surface area contributed by atoms with Crippen LogP contribution in [0.5, 0.6) is 0 Å². The van der Waals surface area contributed by atoms with E-state index in [2.05, 4.69) is 0 Å². The largest absolute Gasteiger partial charge is 0.416 e. The number of nitrogens with two attached hydrogens (primary N) is 1. The van der Waals surface area contributed by atoms with Gasteiger partial charge in [0.25, 0.3) is 6.43 Å². The standard InChI is InChI=1S/C9H7F6N.ClH/c10-4-1-2-6(9(13,14)15)5(3-4)7(16)8(11)12;/h1-3,7-8H,16H2;1H/t7-;/m1./s1. The van der Waals surface area contributed by atoms with Crippen molar-refractivity contribution in [2.45, 2.75) is 18.6 Å². The lowest BCUT2D eigenvalue weighted by Crippen LogP contribution is -2.23. The Morgan fingerprint density at radius 3 is 2.06 bits per heavy atom. The number of halogens is 7. The molecule has 1 aromatic rings. The van der Waals surface area contributed by atoms with Gasteiger partial charge in [0.2, 0.25) is 0 Å². The van der Waals surface area contributed by atoms with Crippen LogP contribution in [0.1, 0.15) is 17.2 Å². The van der Waals surface area contributed by atoms with Crippen molar-refractivity contribution in [3.63, 3.8) is 0 Å². The van der Waals surface area contributed by atoms with Crippen molar-refractivity contribution in [1.82, 2.24) is 0 Å². The maximum atomic E-state index is 12.7. The molecule has 1 atom stereocenters. The van der Waals surface area contributed by atoms with E-state index in [4.69, 9.17) is 5.73 Å². The lowest BCUT2D eigenvalue weighted by molar-refractivity contribution is -0.138. The minimum Gasteiger partial charge on any atom is -0.319 e. The van der Waals surface area contributed by atoms with Crippen LogP contribution >= 0.6 is 12.4 Å². The lowest BCUT2D eigenvalue weighted by Gasteiger charge is -2.17. The third kappa shape index (κ3) is 3.78. The second-order valence-electron chi connectivity index (χ2n) is 3.09. The summed E-state index contributed by atoms with van der Waals surface area (Å²) in [6.45, 7) is 0. The van der Waals surface area contributed by atoms with Crippen molar-refractivity contribution in [2.75, 3.05) is 0 Å². The quantitative estimate of drug-likeness (QED) is 0.824. The molecular weight excluding hydrogens is 272 g/mol. The van der Waals surface area contributed by atoms with Gasteiger partial charge in [0, 0.05) is 0 Å². The maximum absolute atomic E-state index is 12.7. The van der Waals surface area contributed by atoms with Gasteiger partial charge in [0.05, 0.1) is 11.6 Å². The van der Waals surface area contributed by atoms with E-state index in [1.165, 1.54) is 0 Å². The van der Waals surface area contributed by atoms with Crippen molar-refractivity contribution in [3.8, 4) is 0 Å². The molecule has 0 unspecified atom stereocenters. The highest BCUT2D eigenvalue weighted by Gasteiger charge is 2.36. The van der Waals surface area contributed by atoms with E-state index in [0.717, 1.165) is 0 Å². The van der Waals surface area contributed by atoms with Crippen molar-refractivity contribution < 1.29 is 26.3 Å². The van der Waals surface area contributed by atoms with Crippen LogP contribution in [0.15, 0.2) is 18.2 Å². The van der Waals surface area contributed by atoms with Crippen molar-refractivity contribution in [3.05, 3.63) is 35.1 Å². The zero-order valence-electron chi connectivity index (χ0n) is 8.14. The molecule has 1 aromatic carbocycles. The topological polar surface area (TPSA) is 26.0 Å². The fourth-order valence-electron chi connectivity index (χ4n) is 1.20. The van der Waals surface area contributed by atoms with Gasteiger partial charge in [-0.2, -0.15) is 13.2 Å². The summed E-state index contributed by atoms with van der Waals surface area (Å²) in [6.07, 6.45) is -8.03. The molecule has 0 radical (unpaired) electrons. The van der Waals surface area contributed by atoms with Gasteiger partial charge in [-0.15, -0.1) is 12.4 Å². The molecule has 98 valence electrons. The Morgan fingerprint density at radius 2 is 1.65 bits per heavy atom. The second-order valence-corrected chi connectivity index (χ2v) is 3.09. The first-order chi connectivity index (χ1) is 7.23. The lowest BCUT2D eigenvalue weighted by atomic mass is 10.0. The number of rotatable bonds is 2. The highest BCUT2D eigenvalue weighted by molar-refractivity contribution is 5.85. The van der Waals surface area contributed by atoms with Crippen LogP contribution in [-0.2, 0) is 6.18 Å². The summed E-state index contributed by atoms with van der Waals surface area (Å²) in [5, 5.41) is 0. The molecule has 0 aromatic heterocycles. The first-order valence-electron chi connectivity index (χ1n) is 4.14. The summed E-state index contributed by atoms with van der Waals surface area (Å²) >= 11 is 0. The van der Waals surface area contributed by atoms with E-state index >= 15 is 0 Å². The number of benzene rings is 1. The molecule has 0 saturated heterocycles. The Morgan fingerprint density at radius 1 is 1.12 bits per heavy atom. The Hall–Kier alpha value is -0.950. The van der Waals surface area contributed by atoms with Gasteiger partial charge in [-0.25, -0.2) is 13.2 Å². The molecule has 2 N–H and O–H groups in total. The average molecular weight is 280 g/mol. The minimum atomic E-state index is -4.84. The van der Waals surface area contributed by atoms with Gasteiger partial charge in [0.15, 0.2) is 0 Å². The molecule has 17 heavy (non-hydrogen) atoms. The van der Waals surface area contributed by atoms with E-state index in [9.17, 15) is 26.3 Å². The van der Waals surface area contributed by atoms with Gasteiger partial charge in [0.1, 0.15) is 5.82 Å². The van der Waals surface area contributed by atoms with E-state index in [0.29, 0.717) is 18.2 Å². The van der Waals surface area contributed by atoms with Gasteiger partial charge in [-0.1, -0.05) is 0 Å². The summed E-state index contributed by atoms with van der Waals surface area (Å²) in [5.74, 6) is -1.04. The zero-order valence-corrected chi connectivity index (χ0v) is 8.96. The third-order valence-corrected chi connectivity index (χ3v) is 1.95. The van der Waals surface area contributed by atoms with E-state index in [1.807, 2.05) is 0 Å². The molecule has 0 bridgehead atoms. The Kier molecular flexibility index (Phi) is 5.28. The molecule has 0 saturated carbocycles. The Labute approximate surface area is 99.0 Å². The maximum Gasteiger partial charge on any atom is 0.416 e. The monoisotopic (exact) mass is 279 g/mol. The molecule has 0 heterocycles. The highest BCUT2D eigenvalue weighted by atomic mass is 35.5. The van der Waals surface area contributed by atoms with Crippen LogP contribution in [-0.4, -0.2) is 6.43 Å². The molecule has 8 heteroatoms. The van der Waals surface area contributed by atoms with Gasteiger partial charge >= 0.3 is 6.18 Å². The van der Waals surface area contributed by atoms with Gasteiger partial charge in [-0.05, 0) is 23.8 Å². The van der Waals surface area contributed by atoms with Crippen molar-refractivity contribution >= 4 is 12.4 Å². The minimum absolute atomic E-state index is 0. The van der Waals surface area contributed by atoms with Crippen molar-refractivity contribution in [1.29, 1.82) is 0 Å². The summed E-state index contributed by atoms with van der Waals surface area (Å²) < 4.78 is 74.2. The van der Waals surface area contributed by atoms with Crippen LogP contribution in [0, 0.1) is 5.82 Å². The predicted octanol–water partition coefficient (Wildman–Crippen LogP) is 3.53. The molecule has 0 spiro atoms. The highest BCUT2D eigenvalue weighted by Crippen LogP contribution is 2.35. The molecular formula is C9H8ClF6N. The summed E-state index contributed by atoms with van der Waals surface area (Å²) in [4.78, 5) is 0. The first-order valence-corrected chi connectivity index (χ1v) is 4.14. The van der Waals surface area contributed by atoms with Crippen LogP contribution < -0.4 is 5.73 Å². The molecule has 1 rings (SSSR count). The van der Waals surface area contributed by atoms with Gasteiger partial charge < -0.3 is 5.73 Å². The van der Waals surface area contributed by atoms with E-state index in [1.54, 1.807) is 0 Å².